The van der Waals surface area contributed by atoms with Crippen molar-refractivity contribution in [3.8, 4) is 0 Å². The zero-order valence-electron chi connectivity index (χ0n) is 17.2. The van der Waals surface area contributed by atoms with Crippen molar-refractivity contribution in [2.45, 2.75) is 32.0 Å². The van der Waals surface area contributed by atoms with Gasteiger partial charge in [-0.1, -0.05) is 0 Å². The Morgan fingerprint density at radius 1 is 0.969 bits per heavy atom. The van der Waals surface area contributed by atoms with E-state index >= 15 is 0 Å². The van der Waals surface area contributed by atoms with Crippen LogP contribution >= 0.6 is 0 Å². The Bertz CT molecular complexity index is 1130. The van der Waals surface area contributed by atoms with Crippen LogP contribution in [0.1, 0.15) is 29.8 Å². The van der Waals surface area contributed by atoms with Crippen LogP contribution in [-0.2, 0) is 19.1 Å². The summed E-state index contributed by atoms with van der Waals surface area (Å²) in [5, 5.41) is 8.36. The number of rotatable bonds is 5. The predicted molar refractivity (Wildman–Crippen MR) is 108 cm³/mol. The standard InChI is InChI=1S/C22H22F5N5/c23-17-3-4-19(18(24)11-17)31-7-5-30(6-8-31)12-15-10-16(22(25,26)27)13-32-20(9-14-1-2-14)28-29-21(15)32/h3-4,10-11,13-14H,1-2,5-9,12H2. The molecule has 0 bridgehead atoms. The highest BCUT2D eigenvalue weighted by Gasteiger charge is 2.33. The van der Waals surface area contributed by atoms with Crippen molar-refractivity contribution in [2.24, 2.45) is 5.92 Å². The lowest BCUT2D eigenvalue weighted by molar-refractivity contribution is -0.137. The summed E-state index contributed by atoms with van der Waals surface area (Å²) in [5.74, 6) is -0.218. The van der Waals surface area contributed by atoms with Gasteiger partial charge in [0.15, 0.2) is 5.65 Å². The number of aromatic nitrogens is 3. The van der Waals surface area contributed by atoms with Gasteiger partial charge in [-0.25, -0.2) is 8.78 Å². The van der Waals surface area contributed by atoms with Gasteiger partial charge in [-0.15, -0.1) is 10.2 Å². The van der Waals surface area contributed by atoms with Gasteiger partial charge in [0.25, 0.3) is 0 Å². The molecule has 1 aliphatic carbocycles. The van der Waals surface area contributed by atoms with Crippen molar-refractivity contribution in [1.29, 1.82) is 0 Å². The molecule has 10 heteroatoms. The Morgan fingerprint density at radius 2 is 1.72 bits per heavy atom. The lowest BCUT2D eigenvalue weighted by Crippen LogP contribution is -2.46. The maximum absolute atomic E-state index is 14.1. The van der Waals surface area contributed by atoms with Gasteiger partial charge in [-0.3, -0.25) is 9.30 Å². The van der Waals surface area contributed by atoms with Crippen LogP contribution in [0.2, 0.25) is 0 Å². The van der Waals surface area contributed by atoms with Gasteiger partial charge in [0.05, 0.1) is 11.3 Å². The van der Waals surface area contributed by atoms with Crippen LogP contribution in [0, 0.1) is 17.6 Å². The van der Waals surface area contributed by atoms with E-state index in [1.807, 2.05) is 9.80 Å². The Morgan fingerprint density at radius 3 is 2.38 bits per heavy atom. The van der Waals surface area contributed by atoms with Crippen molar-refractivity contribution in [3.05, 3.63) is 59.0 Å². The summed E-state index contributed by atoms with van der Waals surface area (Å²) in [7, 11) is 0. The second-order valence-corrected chi connectivity index (χ2v) is 8.57. The number of hydrogen-bond acceptors (Lipinski definition) is 4. The second kappa shape index (κ2) is 7.99. The third-order valence-electron chi connectivity index (χ3n) is 6.16. The third-order valence-corrected chi connectivity index (χ3v) is 6.16. The molecule has 0 radical (unpaired) electrons. The molecule has 0 atom stereocenters. The highest BCUT2D eigenvalue weighted by Crippen LogP contribution is 2.34. The molecule has 1 saturated heterocycles. The molecule has 1 aromatic carbocycles. The van der Waals surface area contributed by atoms with E-state index in [9.17, 15) is 22.0 Å². The quantitative estimate of drug-likeness (QED) is 0.542. The van der Waals surface area contributed by atoms with Gasteiger partial charge in [0.2, 0.25) is 0 Å². The van der Waals surface area contributed by atoms with Crippen LogP contribution in [0.4, 0.5) is 27.6 Å². The predicted octanol–water partition coefficient (Wildman–Crippen LogP) is 4.30. The van der Waals surface area contributed by atoms with Gasteiger partial charge in [-0.05, 0) is 37.0 Å². The fraction of sp³-hybridized carbons (Fsp3) is 0.455. The van der Waals surface area contributed by atoms with E-state index in [4.69, 9.17) is 0 Å². The number of benzene rings is 1. The Balaban J connectivity index is 1.36. The first-order chi connectivity index (χ1) is 15.3. The third kappa shape index (κ3) is 4.28. The molecular formula is C22H22F5N5. The van der Waals surface area contributed by atoms with Gasteiger partial charge in [0.1, 0.15) is 17.5 Å². The molecule has 0 unspecified atom stereocenters. The number of anilines is 1. The molecule has 0 N–H and O–H groups in total. The minimum atomic E-state index is -4.47. The molecule has 170 valence electrons. The summed E-state index contributed by atoms with van der Waals surface area (Å²) in [6.07, 6.45) is -0.613. The van der Waals surface area contributed by atoms with E-state index < -0.39 is 23.4 Å². The lowest BCUT2D eigenvalue weighted by Gasteiger charge is -2.36. The average Bonchev–Trinajstić information content (AvgIpc) is 3.46. The summed E-state index contributed by atoms with van der Waals surface area (Å²) >= 11 is 0. The smallest absolute Gasteiger partial charge is 0.367 e. The van der Waals surface area contributed by atoms with E-state index in [1.54, 1.807) is 0 Å². The topological polar surface area (TPSA) is 36.7 Å². The van der Waals surface area contributed by atoms with Crippen molar-refractivity contribution in [3.63, 3.8) is 0 Å². The molecule has 0 amide bonds. The van der Waals surface area contributed by atoms with Crippen LogP contribution in [0.3, 0.4) is 0 Å². The highest BCUT2D eigenvalue weighted by molar-refractivity contribution is 5.51. The second-order valence-electron chi connectivity index (χ2n) is 8.57. The fourth-order valence-corrected chi connectivity index (χ4v) is 4.22. The van der Waals surface area contributed by atoms with Crippen molar-refractivity contribution in [1.82, 2.24) is 19.5 Å². The summed E-state index contributed by atoms with van der Waals surface area (Å²) in [6, 6.07) is 4.63. The van der Waals surface area contributed by atoms with Gasteiger partial charge < -0.3 is 4.90 Å². The summed E-state index contributed by atoms with van der Waals surface area (Å²) in [4.78, 5) is 3.83. The number of hydrogen-bond donors (Lipinski definition) is 0. The van der Waals surface area contributed by atoms with E-state index in [-0.39, 0.29) is 6.54 Å². The first-order valence-electron chi connectivity index (χ1n) is 10.6. The van der Waals surface area contributed by atoms with Crippen LogP contribution in [0.15, 0.2) is 30.5 Å². The number of fused-ring (bicyclic) bond motifs is 1. The molecule has 2 aliphatic rings. The van der Waals surface area contributed by atoms with E-state index in [0.29, 0.717) is 61.2 Å². The molecule has 2 aromatic heterocycles. The molecule has 5 nitrogen and oxygen atoms in total. The Kier molecular flexibility index (Phi) is 5.27. The number of alkyl halides is 3. The zero-order chi connectivity index (χ0) is 22.5. The molecule has 5 rings (SSSR count). The highest BCUT2D eigenvalue weighted by atomic mass is 19.4. The summed E-state index contributed by atoms with van der Waals surface area (Å²) in [5.41, 5.74) is 0.523. The van der Waals surface area contributed by atoms with Crippen LogP contribution in [0.25, 0.3) is 5.65 Å². The first-order valence-corrected chi connectivity index (χ1v) is 10.6. The van der Waals surface area contributed by atoms with Gasteiger partial charge in [-0.2, -0.15) is 13.2 Å². The SMILES string of the molecule is Fc1ccc(N2CCN(Cc3cc(C(F)(F)F)cn4c(CC5CC5)nnc34)CC2)c(F)c1. The van der Waals surface area contributed by atoms with E-state index in [1.165, 1.54) is 16.5 Å². The van der Waals surface area contributed by atoms with Crippen LogP contribution in [0.5, 0.6) is 0 Å². The van der Waals surface area contributed by atoms with E-state index in [2.05, 4.69) is 10.2 Å². The minimum absolute atomic E-state index is 0.286. The average molecular weight is 451 g/mol. The van der Waals surface area contributed by atoms with Crippen molar-refractivity contribution < 1.29 is 22.0 Å². The normalized spacial score (nSPS) is 18.0. The minimum Gasteiger partial charge on any atom is -0.367 e. The molecule has 1 aliphatic heterocycles. The van der Waals surface area contributed by atoms with Crippen LogP contribution in [-0.4, -0.2) is 45.7 Å². The van der Waals surface area contributed by atoms with Gasteiger partial charge >= 0.3 is 6.18 Å². The monoisotopic (exact) mass is 451 g/mol. The number of halogens is 5. The molecule has 32 heavy (non-hydrogen) atoms. The van der Waals surface area contributed by atoms with Crippen LogP contribution < -0.4 is 4.90 Å². The van der Waals surface area contributed by atoms with Crippen molar-refractivity contribution in [2.75, 3.05) is 31.1 Å². The van der Waals surface area contributed by atoms with E-state index in [0.717, 1.165) is 31.2 Å². The summed E-state index contributed by atoms with van der Waals surface area (Å²) in [6.45, 7) is 2.31. The van der Waals surface area contributed by atoms with Crippen molar-refractivity contribution >= 4 is 11.3 Å². The molecule has 3 heterocycles. The first kappa shape index (κ1) is 21.1. The Labute approximate surface area is 181 Å². The lowest BCUT2D eigenvalue weighted by atomic mass is 10.1. The molecule has 1 saturated carbocycles. The zero-order valence-corrected chi connectivity index (χ0v) is 17.2. The molecule has 2 fully saturated rings. The number of nitrogens with zero attached hydrogens (tertiary/aromatic N) is 5. The number of piperazine rings is 1. The fourth-order valence-electron chi connectivity index (χ4n) is 4.22. The number of pyridine rings is 1. The molecular weight excluding hydrogens is 429 g/mol. The largest absolute Gasteiger partial charge is 0.417 e. The van der Waals surface area contributed by atoms with Gasteiger partial charge in [0, 0.05) is 57.0 Å². The summed E-state index contributed by atoms with van der Waals surface area (Å²) < 4.78 is 69.4. The maximum Gasteiger partial charge on any atom is 0.417 e. The Hall–Kier alpha value is -2.75. The molecule has 3 aromatic rings. The molecule has 0 spiro atoms. The maximum atomic E-state index is 14.1.